The molecule has 1 aliphatic rings. The molecule has 3 heterocycles. The molecule has 0 radical (unpaired) electrons. The number of fused-ring (bicyclic) bond motifs is 1. The van der Waals surface area contributed by atoms with E-state index < -0.39 is 0 Å². The van der Waals surface area contributed by atoms with Crippen LogP contribution in [-0.4, -0.2) is 57.4 Å². The summed E-state index contributed by atoms with van der Waals surface area (Å²) in [5.74, 6) is 0.0488. The fourth-order valence-electron chi connectivity index (χ4n) is 3.00. The number of amides is 2. The largest absolute Gasteiger partial charge is 0.378 e. The molecule has 2 amide bonds. The van der Waals surface area contributed by atoms with Gasteiger partial charge in [0.2, 0.25) is 5.78 Å². The molecular formula is C19H19N5O3. The summed E-state index contributed by atoms with van der Waals surface area (Å²) >= 11 is 0. The average Bonchev–Trinajstić information content (AvgIpc) is 3.14. The van der Waals surface area contributed by atoms with Gasteiger partial charge in [0.25, 0.3) is 11.8 Å². The number of benzene rings is 1. The highest BCUT2D eigenvalue weighted by Crippen LogP contribution is 2.19. The number of rotatable bonds is 3. The van der Waals surface area contributed by atoms with E-state index in [0.717, 1.165) is 5.56 Å². The first-order chi connectivity index (χ1) is 13.1. The zero-order valence-electron chi connectivity index (χ0n) is 14.9. The van der Waals surface area contributed by atoms with Crippen LogP contribution >= 0.6 is 0 Å². The molecular weight excluding hydrogens is 346 g/mol. The molecule has 138 valence electrons. The second-order valence-electron chi connectivity index (χ2n) is 6.34. The molecule has 27 heavy (non-hydrogen) atoms. The van der Waals surface area contributed by atoms with Gasteiger partial charge in [0.1, 0.15) is 5.69 Å². The van der Waals surface area contributed by atoms with Gasteiger partial charge in [0.15, 0.2) is 0 Å². The molecule has 0 spiro atoms. The van der Waals surface area contributed by atoms with E-state index in [-0.39, 0.29) is 17.5 Å². The highest BCUT2D eigenvalue weighted by atomic mass is 16.5. The molecule has 8 heteroatoms. The molecule has 0 unspecified atom stereocenters. The Bertz CT molecular complexity index is 975. The van der Waals surface area contributed by atoms with Gasteiger partial charge < -0.3 is 15.0 Å². The number of nitrogens with zero attached hydrogens (tertiary/aromatic N) is 4. The lowest BCUT2D eigenvalue weighted by atomic mass is 10.1. The Morgan fingerprint density at radius 1 is 1.22 bits per heavy atom. The number of morpholine rings is 1. The summed E-state index contributed by atoms with van der Waals surface area (Å²) in [5.41, 5.74) is 2.25. The van der Waals surface area contributed by atoms with Gasteiger partial charge >= 0.3 is 0 Å². The number of carbonyl (C=O) groups is 2. The zero-order chi connectivity index (χ0) is 18.8. The molecule has 1 fully saturated rings. The third-order valence-corrected chi connectivity index (χ3v) is 4.49. The van der Waals surface area contributed by atoms with Gasteiger partial charge in [-0.2, -0.15) is 0 Å². The molecule has 2 aromatic heterocycles. The molecule has 1 N–H and O–H groups in total. The van der Waals surface area contributed by atoms with Crippen molar-refractivity contribution in [3.63, 3.8) is 0 Å². The SMILES string of the molecule is Cc1ccc(NC(=O)c2cn3cccnc3n2)cc1C(=O)N1CCOCC1. The number of hydrogen-bond donors (Lipinski definition) is 1. The highest BCUT2D eigenvalue weighted by Gasteiger charge is 2.21. The van der Waals surface area contributed by atoms with Crippen LogP contribution in [0.5, 0.6) is 0 Å². The van der Waals surface area contributed by atoms with E-state index in [0.29, 0.717) is 43.3 Å². The van der Waals surface area contributed by atoms with Crippen LogP contribution in [0.2, 0.25) is 0 Å². The second-order valence-corrected chi connectivity index (χ2v) is 6.34. The van der Waals surface area contributed by atoms with E-state index >= 15 is 0 Å². The van der Waals surface area contributed by atoms with Gasteiger partial charge in [0.05, 0.1) is 13.2 Å². The minimum atomic E-state index is -0.353. The van der Waals surface area contributed by atoms with Gasteiger partial charge in [-0.15, -0.1) is 0 Å². The number of nitrogens with one attached hydrogen (secondary N) is 1. The van der Waals surface area contributed by atoms with E-state index in [4.69, 9.17) is 4.74 Å². The summed E-state index contributed by atoms with van der Waals surface area (Å²) in [4.78, 5) is 35.4. The second kappa shape index (κ2) is 7.16. The summed E-state index contributed by atoms with van der Waals surface area (Å²) in [5, 5.41) is 2.81. The average molecular weight is 365 g/mol. The Kier molecular flexibility index (Phi) is 4.55. The third kappa shape index (κ3) is 3.52. The molecule has 4 rings (SSSR count). The number of imidazole rings is 1. The lowest BCUT2D eigenvalue weighted by Crippen LogP contribution is -2.41. The van der Waals surface area contributed by atoms with Crippen molar-refractivity contribution in [2.24, 2.45) is 0 Å². The summed E-state index contributed by atoms with van der Waals surface area (Å²) in [6, 6.07) is 7.07. The lowest BCUT2D eigenvalue weighted by molar-refractivity contribution is 0.0302. The highest BCUT2D eigenvalue weighted by molar-refractivity contribution is 6.04. The van der Waals surface area contributed by atoms with Gasteiger partial charge in [-0.1, -0.05) is 6.07 Å². The number of carbonyl (C=O) groups excluding carboxylic acids is 2. The molecule has 1 saturated heterocycles. The number of anilines is 1. The lowest BCUT2D eigenvalue weighted by Gasteiger charge is -2.27. The Morgan fingerprint density at radius 3 is 2.81 bits per heavy atom. The first kappa shape index (κ1) is 17.2. The summed E-state index contributed by atoms with van der Waals surface area (Å²) in [6.45, 7) is 4.12. The fraction of sp³-hybridized carbons (Fsp3) is 0.263. The smallest absolute Gasteiger partial charge is 0.275 e. The van der Waals surface area contributed by atoms with E-state index in [9.17, 15) is 9.59 Å². The molecule has 8 nitrogen and oxygen atoms in total. The standard InChI is InChI=1S/C19H19N5O3/c1-13-3-4-14(11-15(13)18(26)23-7-9-27-10-8-23)21-17(25)16-12-24-6-2-5-20-19(24)22-16/h2-6,11-12H,7-10H2,1H3,(H,21,25). The Balaban J connectivity index is 1.55. The van der Waals surface area contributed by atoms with Crippen LogP contribution in [0.3, 0.4) is 0 Å². The maximum absolute atomic E-state index is 12.8. The van der Waals surface area contributed by atoms with E-state index in [1.54, 1.807) is 46.1 Å². The third-order valence-electron chi connectivity index (χ3n) is 4.49. The van der Waals surface area contributed by atoms with Crippen molar-refractivity contribution in [1.82, 2.24) is 19.3 Å². The van der Waals surface area contributed by atoms with E-state index in [1.165, 1.54) is 0 Å². The maximum Gasteiger partial charge on any atom is 0.275 e. The van der Waals surface area contributed by atoms with E-state index in [2.05, 4.69) is 15.3 Å². The molecule has 3 aromatic rings. The zero-order valence-corrected chi connectivity index (χ0v) is 14.9. The van der Waals surface area contributed by atoms with Crippen LogP contribution < -0.4 is 5.32 Å². The van der Waals surface area contributed by atoms with Crippen molar-refractivity contribution >= 4 is 23.3 Å². The predicted molar refractivity (Wildman–Crippen MR) is 98.8 cm³/mol. The van der Waals surface area contributed by atoms with Crippen LogP contribution in [0.15, 0.2) is 42.9 Å². The number of hydrogen-bond acceptors (Lipinski definition) is 5. The van der Waals surface area contributed by atoms with Crippen molar-refractivity contribution in [3.05, 3.63) is 59.7 Å². The van der Waals surface area contributed by atoms with Crippen molar-refractivity contribution in [2.45, 2.75) is 6.92 Å². The summed E-state index contributed by atoms with van der Waals surface area (Å²) in [7, 11) is 0. The Hall–Kier alpha value is -3.26. The first-order valence-corrected chi connectivity index (χ1v) is 8.70. The molecule has 1 aromatic carbocycles. The topological polar surface area (TPSA) is 88.8 Å². The number of aromatic nitrogens is 3. The number of ether oxygens (including phenoxy) is 1. The van der Waals surface area contributed by atoms with Crippen molar-refractivity contribution in [3.8, 4) is 0 Å². The molecule has 0 atom stereocenters. The van der Waals surface area contributed by atoms with Crippen molar-refractivity contribution < 1.29 is 14.3 Å². The Labute approximate surface area is 155 Å². The summed E-state index contributed by atoms with van der Waals surface area (Å²) < 4.78 is 6.98. The van der Waals surface area contributed by atoms with Gasteiger partial charge in [0, 0.05) is 42.9 Å². The monoisotopic (exact) mass is 365 g/mol. The van der Waals surface area contributed by atoms with Gasteiger partial charge in [-0.25, -0.2) is 9.97 Å². The maximum atomic E-state index is 12.8. The molecule has 0 bridgehead atoms. The number of aryl methyl sites for hydroxylation is 1. The van der Waals surface area contributed by atoms with Gasteiger partial charge in [-0.05, 0) is 30.7 Å². The van der Waals surface area contributed by atoms with Crippen LogP contribution in [0, 0.1) is 6.92 Å². The fourth-order valence-corrected chi connectivity index (χ4v) is 3.00. The van der Waals surface area contributed by atoms with Crippen LogP contribution in [0.25, 0.3) is 5.78 Å². The van der Waals surface area contributed by atoms with Crippen molar-refractivity contribution in [2.75, 3.05) is 31.6 Å². The normalized spacial score (nSPS) is 14.3. The summed E-state index contributed by atoms with van der Waals surface area (Å²) in [6.07, 6.45) is 5.01. The Morgan fingerprint density at radius 2 is 2.04 bits per heavy atom. The minimum absolute atomic E-state index is 0.0520. The molecule has 0 aliphatic carbocycles. The first-order valence-electron chi connectivity index (χ1n) is 8.70. The molecule has 1 aliphatic heterocycles. The molecule has 0 saturated carbocycles. The predicted octanol–water partition coefficient (Wildman–Crippen LogP) is 1.76. The van der Waals surface area contributed by atoms with Crippen LogP contribution in [0.4, 0.5) is 5.69 Å². The van der Waals surface area contributed by atoms with E-state index in [1.807, 2.05) is 13.0 Å². The van der Waals surface area contributed by atoms with Crippen molar-refractivity contribution in [1.29, 1.82) is 0 Å². The van der Waals surface area contributed by atoms with Crippen LogP contribution in [0.1, 0.15) is 26.4 Å². The van der Waals surface area contributed by atoms with Crippen LogP contribution in [-0.2, 0) is 4.74 Å². The van der Waals surface area contributed by atoms with Gasteiger partial charge in [-0.3, -0.25) is 14.0 Å². The quantitative estimate of drug-likeness (QED) is 0.764. The minimum Gasteiger partial charge on any atom is -0.378 e.